The molecule has 0 aromatic heterocycles. The smallest absolute Gasteiger partial charge is 0.228 e. The first-order chi connectivity index (χ1) is 11.0. The third kappa shape index (κ3) is 4.66. The zero-order valence-corrected chi connectivity index (χ0v) is 14.4. The van der Waals surface area contributed by atoms with Crippen molar-refractivity contribution in [2.45, 2.75) is 19.1 Å². The third-order valence-corrected chi connectivity index (χ3v) is 4.34. The van der Waals surface area contributed by atoms with Crippen molar-refractivity contribution in [3.8, 4) is 5.75 Å². The predicted octanol–water partition coefficient (Wildman–Crippen LogP) is 3.06. The van der Waals surface area contributed by atoms with E-state index in [1.54, 1.807) is 13.4 Å². The average molecular weight is 331 g/mol. The largest absolute Gasteiger partial charge is 0.496 e. The van der Waals surface area contributed by atoms with Gasteiger partial charge in [0.15, 0.2) is 0 Å². The maximum absolute atomic E-state index is 12.3. The van der Waals surface area contributed by atoms with Gasteiger partial charge in [0.1, 0.15) is 5.75 Å². The SMILES string of the molecule is COc1ccccc1CC(=O)Nc1cccc(C[S@](C)=O)c1C. The minimum absolute atomic E-state index is 0.104. The topological polar surface area (TPSA) is 55.4 Å². The molecule has 0 unspecified atom stereocenters. The van der Waals surface area contributed by atoms with Crippen molar-refractivity contribution in [3.63, 3.8) is 0 Å². The van der Waals surface area contributed by atoms with Gasteiger partial charge in [-0.2, -0.15) is 0 Å². The van der Waals surface area contributed by atoms with Crippen LogP contribution >= 0.6 is 0 Å². The molecule has 0 saturated heterocycles. The quantitative estimate of drug-likeness (QED) is 0.885. The molecule has 2 aromatic rings. The van der Waals surface area contributed by atoms with E-state index in [2.05, 4.69) is 5.32 Å². The Morgan fingerprint density at radius 3 is 2.52 bits per heavy atom. The van der Waals surface area contributed by atoms with E-state index in [1.165, 1.54) is 0 Å². The number of amides is 1. The van der Waals surface area contributed by atoms with Gasteiger partial charge in [-0.05, 0) is 30.2 Å². The molecule has 0 radical (unpaired) electrons. The molecule has 1 amide bonds. The number of carbonyl (C=O) groups is 1. The summed E-state index contributed by atoms with van der Waals surface area (Å²) < 4.78 is 16.7. The number of methoxy groups -OCH3 is 1. The molecule has 0 aliphatic carbocycles. The Balaban J connectivity index is 2.13. The van der Waals surface area contributed by atoms with E-state index in [4.69, 9.17) is 4.74 Å². The first-order valence-electron chi connectivity index (χ1n) is 7.31. The number of rotatable bonds is 6. The van der Waals surface area contributed by atoms with Crippen molar-refractivity contribution in [1.29, 1.82) is 0 Å². The van der Waals surface area contributed by atoms with Gasteiger partial charge in [-0.3, -0.25) is 9.00 Å². The summed E-state index contributed by atoms with van der Waals surface area (Å²) in [6, 6.07) is 13.1. The van der Waals surface area contributed by atoms with Gasteiger partial charge in [-0.1, -0.05) is 30.3 Å². The van der Waals surface area contributed by atoms with Gasteiger partial charge in [0, 0.05) is 34.1 Å². The summed E-state index contributed by atoms with van der Waals surface area (Å²) >= 11 is 0. The lowest BCUT2D eigenvalue weighted by Crippen LogP contribution is -2.16. The van der Waals surface area contributed by atoms with Crippen molar-refractivity contribution in [1.82, 2.24) is 0 Å². The molecule has 0 heterocycles. The lowest BCUT2D eigenvalue weighted by molar-refractivity contribution is -0.115. The number of carbonyl (C=O) groups excluding carboxylic acids is 1. The highest BCUT2D eigenvalue weighted by molar-refractivity contribution is 7.83. The second-order valence-electron chi connectivity index (χ2n) is 5.34. The van der Waals surface area contributed by atoms with Crippen LogP contribution in [0.4, 0.5) is 5.69 Å². The van der Waals surface area contributed by atoms with E-state index in [9.17, 15) is 9.00 Å². The van der Waals surface area contributed by atoms with Crippen LogP contribution in [0.1, 0.15) is 16.7 Å². The van der Waals surface area contributed by atoms with Crippen LogP contribution in [0, 0.1) is 6.92 Å². The highest BCUT2D eigenvalue weighted by atomic mass is 32.2. The lowest BCUT2D eigenvalue weighted by atomic mass is 10.1. The highest BCUT2D eigenvalue weighted by Gasteiger charge is 2.11. The second kappa shape index (κ2) is 7.92. The maximum Gasteiger partial charge on any atom is 0.228 e. The van der Waals surface area contributed by atoms with Crippen LogP contribution in [0.2, 0.25) is 0 Å². The van der Waals surface area contributed by atoms with E-state index in [0.29, 0.717) is 11.5 Å². The van der Waals surface area contributed by atoms with Gasteiger partial charge in [0.2, 0.25) is 5.91 Å². The summed E-state index contributed by atoms with van der Waals surface area (Å²) in [5.74, 6) is 1.09. The van der Waals surface area contributed by atoms with Gasteiger partial charge in [0.25, 0.3) is 0 Å². The van der Waals surface area contributed by atoms with E-state index in [1.807, 2.05) is 49.4 Å². The van der Waals surface area contributed by atoms with Gasteiger partial charge >= 0.3 is 0 Å². The fourth-order valence-corrected chi connectivity index (χ4v) is 3.16. The van der Waals surface area contributed by atoms with Crippen molar-refractivity contribution in [3.05, 3.63) is 59.2 Å². The number of para-hydroxylation sites is 1. The van der Waals surface area contributed by atoms with Crippen LogP contribution in [0.5, 0.6) is 5.75 Å². The van der Waals surface area contributed by atoms with Crippen LogP contribution in [0.25, 0.3) is 0 Å². The summed E-state index contributed by atoms with van der Waals surface area (Å²) in [6.07, 6.45) is 1.92. The number of nitrogens with one attached hydrogen (secondary N) is 1. The van der Waals surface area contributed by atoms with Crippen molar-refractivity contribution in [2.24, 2.45) is 0 Å². The zero-order valence-electron chi connectivity index (χ0n) is 13.6. The summed E-state index contributed by atoms with van der Waals surface area (Å²) in [7, 11) is 0.680. The molecular formula is C18H21NO3S. The Morgan fingerprint density at radius 1 is 1.13 bits per heavy atom. The van der Waals surface area contributed by atoms with E-state index in [-0.39, 0.29) is 12.3 Å². The van der Waals surface area contributed by atoms with Gasteiger partial charge in [-0.15, -0.1) is 0 Å². The third-order valence-electron chi connectivity index (χ3n) is 3.62. The van der Waals surface area contributed by atoms with Crippen LogP contribution in [-0.4, -0.2) is 23.5 Å². The Morgan fingerprint density at radius 2 is 1.83 bits per heavy atom. The van der Waals surface area contributed by atoms with E-state index < -0.39 is 10.8 Å². The molecule has 4 nitrogen and oxygen atoms in total. The molecular weight excluding hydrogens is 310 g/mol. The molecule has 1 atom stereocenters. The van der Waals surface area contributed by atoms with E-state index >= 15 is 0 Å². The standard InChI is InChI=1S/C18H21NO3S/c1-13-15(12-23(3)21)8-6-9-16(13)19-18(20)11-14-7-4-5-10-17(14)22-2/h4-10H,11-12H2,1-3H3,(H,19,20)/t23-/m0/s1. The van der Waals surface area contributed by atoms with Crippen LogP contribution < -0.4 is 10.1 Å². The molecule has 2 aromatic carbocycles. The maximum atomic E-state index is 12.3. The predicted molar refractivity (Wildman–Crippen MR) is 94.3 cm³/mol. The van der Waals surface area contributed by atoms with Gasteiger partial charge in [-0.25, -0.2) is 0 Å². The Bertz CT molecular complexity index is 728. The Kier molecular flexibility index (Phi) is 5.93. The molecule has 23 heavy (non-hydrogen) atoms. The molecule has 122 valence electrons. The molecule has 0 fully saturated rings. The minimum atomic E-state index is -0.913. The first-order valence-corrected chi connectivity index (χ1v) is 9.04. The highest BCUT2D eigenvalue weighted by Crippen LogP contribution is 2.22. The van der Waals surface area contributed by atoms with Crippen LogP contribution in [0.15, 0.2) is 42.5 Å². The van der Waals surface area contributed by atoms with Crippen molar-refractivity contribution >= 4 is 22.4 Å². The number of hydrogen-bond donors (Lipinski definition) is 1. The van der Waals surface area contributed by atoms with Crippen LogP contribution in [-0.2, 0) is 27.8 Å². The number of hydrogen-bond acceptors (Lipinski definition) is 3. The average Bonchev–Trinajstić information content (AvgIpc) is 2.51. The summed E-state index contributed by atoms with van der Waals surface area (Å²) in [5.41, 5.74) is 3.54. The van der Waals surface area contributed by atoms with Gasteiger partial charge in [0.05, 0.1) is 13.5 Å². The normalized spacial score (nSPS) is 11.8. The van der Waals surface area contributed by atoms with Crippen molar-refractivity contribution in [2.75, 3.05) is 18.7 Å². The fraction of sp³-hybridized carbons (Fsp3) is 0.278. The molecule has 2 rings (SSSR count). The lowest BCUT2D eigenvalue weighted by Gasteiger charge is -2.13. The Labute approximate surface area is 139 Å². The molecule has 1 N–H and O–H groups in total. The number of ether oxygens (including phenoxy) is 1. The molecule has 0 spiro atoms. The molecule has 0 bridgehead atoms. The van der Waals surface area contributed by atoms with Crippen LogP contribution in [0.3, 0.4) is 0 Å². The molecule has 0 saturated carbocycles. The fourth-order valence-electron chi connectivity index (χ4n) is 2.41. The van der Waals surface area contributed by atoms with Crippen molar-refractivity contribution < 1.29 is 13.7 Å². The molecule has 0 aliphatic rings. The first kappa shape index (κ1) is 17.2. The summed E-state index contributed by atoms with van der Waals surface area (Å²) in [5, 5.41) is 2.93. The Hall–Kier alpha value is -2.14. The summed E-state index contributed by atoms with van der Waals surface area (Å²) in [6.45, 7) is 1.93. The minimum Gasteiger partial charge on any atom is -0.496 e. The number of anilines is 1. The number of benzene rings is 2. The molecule has 0 aliphatic heterocycles. The van der Waals surface area contributed by atoms with Gasteiger partial charge < -0.3 is 10.1 Å². The second-order valence-corrected chi connectivity index (χ2v) is 6.78. The molecule has 5 heteroatoms. The monoisotopic (exact) mass is 331 g/mol. The zero-order chi connectivity index (χ0) is 16.8. The summed E-state index contributed by atoms with van der Waals surface area (Å²) in [4.78, 5) is 12.3. The van der Waals surface area contributed by atoms with E-state index in [0.717, 1.165) is 22.4 Å².